The second kappa shape index (κ2) is 5.49. The van der Waals surface area contributed by atoms with Gasteiger partial charge in [0.05, 0.1) is 0 Å². The van der Waals surface area contributed by atoms with Crippen LogP contribution in [0.3, 0.4) is 0 Å². The zero-order valence-electron chi connectivity index (χ0n) is 7.16. The van der Waals surface area contributed by atoms with Crippen LogP contribution in [0.25, 0.3) is 0 Å². The average molecular weight is 167 g/mol. The molecule has 0 spiro atoms. The molecule has 1 aromatic heterocycles. The topological polar surface area (TPSA) is 47.0 Å². The van der Waals surface area contributed by atoms with E-state index in [-0.39, 0.29) is 0 Å². The van der Waals surface area contributed by atoms with Crippen molar-refractivity contribution in [2.24, 2.45) is 0 Å². The van der Waals surface area contributed by atoms with Crippen molar-refractivity contribution in [3.8, 4) is 0 Å². The largest absolute Gasteiger partial charge is 0.385 e. The van der Waals surface area contributed by atoms with Crippen LogP contribution in [0.15, 0.2) is 18.5 Å². The Kier molecular flexibility index (Phi) is 4.08. The Hall–Kier alpha value is -1.16. The molecule has 0 aliphatic rings. The minimum absolute atomic E-state index is 0.675. The summed E-state index contributed by atoms with van der Waals surface area (Å²) < 4.78 is 4.90. The van der Waals surface area contributed by atoms with Gasteiger partial charge in [0, 0.05) is 32.7 Å². The van der Waals surface area contributed by atoms with Crippen molar-refractivity contribution < 1.29 is 4.74 Å². The third-order valence-electron chi connectivity index (χ3n) is 1.37. The Balaban J connectivity index is 2.16. The van der Waals surface area contributed by atoms with Gasteiger partial charge in [0.15, 0.2) is 0 Å². The zero-order chi connectivity index (χ0) is 8.65. The van der Waals surface area contributed by atoms with Crippen LogP contribution in [0.4, 0.5) is 5.95 Å². The lowest BCUT2D eigenvalue weighted by atomic mass is 10.4. The van der Waals surface area contributed by atoms with E-state index in [2.05, 4.69) is 15.3 Å². The highest BCUT2D eigenvalue weighted by molar-refractivity contribution is 5.21. The molecule has 0 bridgehead atoms. The fourth-order valence-electron chi connectivity index (χ4n) is 0.807. The molecule has 0 atom stereocenters. The molecule has 12 heavy (non-hydrogen) atoms. The summed E-state index contributed by atoms with van der Waals surface area (Å²) in [5.74, 6) is 0.675. The van der Waals surface area contributed by atoms with Gasteiger partial charge >= 0.3 is 0 Å². The number of nitrogens with zero attached hydrogens (tertiary/aromatic N) is 2. The van der Waals surface area contributed by atoms with Crippen LogP contribution in [0.1, 0.15) is 6.42 Å². The molecule has 0 aliphatic carbocycles. The van der Waals surface area contributed by atoms with E-state index in [1.54, 1.807) is 25.6 Å². The highest BCUT2D eigenvalue weighted by atomic mass is 16.5. The summed E-state index contributed by atoms with van der Waals surface area (Å²) >= 11 is 0. The van der Waals surface area contributed by atoms with E-state index in [4.69, 9.17) is 4.74 Å². The molecule has 4 nitrogen and oxygen atoms in total. The fraction of sp³-hybridized carbons (Fsp3) is 0.500. The number of methoxy groups -OCH3 is 1. The molecular weight excluding hydrogens is 154 g/mol. The molecule has 1 heterocycles. The normalized spacial score (nSPS) is 9.75. The van der Waals surface area contributed by atoms with Crippen LogP contribution in [-0.4, -0.2) is 30.2 Å². The lowest BCUT2D eigenvalue weighted by Crippen LogP contribution is -2.06. The van der Waals surface area contributed by atoms with Gasteiger partial charge in [-0.2, -0.15) is 0 Å². The van der Waals surface area contributed by atoms with Crippen LogP contribution >= 0.6 is 0 Å². The number of hydrogen-bond donors (Lipinski definition) is 1. The summed E-state index contributed by atoms with van der Waals surface area (Å²) in [7, 11) is 1.69. The molecule has 4 heteroatoms. The molecule has 0 amide bonds. The number of ether oxygens (including phenoxy) is 1. The van der Waals surface area contributed by atoms with E-state index in [1.807, 2.05) is 0 Å². The van der Waals surface area contributed by atoms with Gasteiger partial charge < -0.3 is 10.1 Å². The molecule has 0 fully saturated rings. The molecule has 1 aromatic rings. The first-order valence-electron chi connectivity index (χ1n) is 3.93. The second-order valence-corrected chi connectivity index (χ2v) is 2.35. The molecule has 0 aliphatic heterocycles. The van der Waals surface area contributed by atoms with Crippen molar-refractivity contribution in [2.45, 2.75) is 6.42 Å². The predicted octanol–water partition coefficient (Wildman–Crippen LogP) is 0.925. The summed E-state index contributed by atoms with van der Waals surface area (Å²) in [5, 5.41) is 3.08. The van der Waals surface area contributed by atoms with E-state index in [1.165, 1.54) is 0 Å². The molecule has 0 saturated carbocycles. The standard InChI is InChI=1S/C8H13N3O/c1-12-7-3-6-11-8-9-4-2-5-10-8/h2,4-5H,3,6-7H2,1H3,(H,9,10,11). The summed E-state index contributed by atoms with van der Waals surface area (Å²) in [6.45, 7) is 1.61. The van der Waals surface area contributed by atoms with E-state index in [9.17, 15) is 0 Å². The Morgan fingerprint density at radius 3 is 2.83 bits per heavy atom. The summed E-state index contributed by atoms with van der Waals surface area (Å²) in [6.07, 6.45) is 4.39. The number of rotatable bonds is 5. The van der Waals surface area contributed by atoms with Gasteiger partial charge in [0.25, 0.3) is 0 Å². The highest BCUT2D eigenvalue weighted by Crippen LogP contribution is 1.93. The molecule has 66 valence electrons. The Morgan fingerprint density at radius 2 is 2.17 bits per heavy atom. The summed E-state index contributed by atoms with van der Waals surface area (Å²) in [5.41, 5.74) is 0. The number of aromatic nitrogens is 2. The van der Waals surface area contributed by atoms with Gasteiger partial charge in [-0.1, -0.05) is 0 Å². The van der Waals surface area contributed by atoms with Crippen molar-refractivity contribution in [2.75, 3.05) is 25.6 Å². The Bertz CT molecular complexity index is 203. The molecule has 1 rings (SSSR count). The molecular formula is C8H13N3O. The molecule has 1 N–H and O–H groups in total. The number of hydrogen-bond acceptors (Lipinski definition) is 4. The van der Waals surface area contributed by atoms with Gasteiger partial charge in [0.2, 0.25) is 5.95 Å². The maximum atomic E-state index is 4.90. The minimum Gasteiger partial charge on any atom is -0.385 e. The lowest BCUT2D eigenvalue weighted by molar-refractivity contribution is 0.197. The average Bonchev–Trinajstić information content (AvgIpc) is 2.14. The smallest absolute Gasteiger partial charge is 0.222 e. The van der Waals surface area contributed by atoms with Gasteiger partial charge in [-0.05, 0) is 12.5 Å². The first kappa shape index (κ1) is 8.93. The minimum atomic E-state index is 0.675. The van der Waals surface area contributed by atoms with Crippen molar-refractivity contribution in [1.82, 2.24) is 9.97 Å². The maximum absolute atomic E-state index is 4.90. The lowest BCUT2D eigenvalue weighted by Gasteiger charge is -2.02. The summed E-state index contributed by atoms with van der Waals surface area (Å²) in [6, 6.07) is 1.79. The van der Waals surface area contributed by atoms with E-state index < -0.39 is 0 Å². The Morgan fingerprint density at radius 1 is 1.42 bits per heavy atom. The fourth-order valence-corrected chi connectivity index (χ4v) is 0.807. The SMILES string of the molecule is COCCCNc1ncccn1. The van der Waals surface area contributed by atoms with Gasteiger partial charge in [-0.15, -0.1) is 0 Å². The third kappa shape index (κ3) is 3.30. The van der Waals surface area contributed by atoms with Gasteiger partial charge in [-0.25, -0.2) is 9.97 Å². The quantitative estimate of drug-likeness (QED) is 0.662. The Labute approximate surface area is 72.0 Å². The van der Waals surface area contributed by atoms with Crippen molar-refractivity contribution in [3.63, 3.8) is 0 Å². The summed E-state index contributed by atoms with van der Waals surface area (Å²) in [4.78, 5) is 8.03. The monoisotopic (exact) mass is 167 g/mol. The predicted molar refractivity (Wildman–Crippen MR) is 47.0 cm³/mol. The van der Waals surface area contributed by atoms with E-state index in [0.717, 1.165) is 19.6 Å². The van der Waals surface area contributed by atoms with E-state index in [0.29, 0.717) is 5.95 Å². The highest BCUT2D eigenvalue weighted by Gasteiger charge is 1.90. The van der Waals surface area contributed by atoms with Crippen molar-refractivity contribution in [3.05, 3.63) is 18.5 Å². The van der Waals surface area contributed by atoms with Crippen LogP contribution in [-0.2, 0) is 4.74 Å². The molecule has 0 radical (unpaired) electrons. The third-order valence-corrected chi connectivity index (χ3v) is 1.37. The van der Waals surface area contributed by atoms with Crippen LogP contribution < -0.4 is 5.32 Å². The molecule has 0 aromatic carbocycles. The van der Waals surface area contributed by atoms with Crippen LogP contribution in [0.5, 0.6) is 0 Å². The molecule has 0 unspecified atom stereocenters. The maximum Gasteiger partial charge on any atom is 0.222 e. The second-order valence-electron chi connectivity index (χ2n) is 2.35. The van der Waals surface area contributed by atoms with Gasteiger partial charge in [-0.3, -0.25) is 0 Å². The first-order chi connectivity index (χ1) is 5.93. The van der Waals surface area contributed by atoms with Crippen molar-refractivity contribution >= 4 is 5.95 Å². The van der Waals surface area contributed by atoms with Crippen LogP contribution in [0, 0.1) is 0 Å². The molecule has 0 saturated heterocycles. The van der Waals surface area contributed by atoms with Crippen LogP contribution in [0.2, 0.25) is 0 Å². The number of anilines is 1. The van der Waals surface area contributed by atoms with Crippen molar-refractivity contribution in [1.29, 1.82) is 0 Å². The zero-order valence-corrected chi connectivity index (χ0v) is 7.16. The first-order valence-corrected chi connectivity index (χ1v) is 3.93. The number of nitrogens with one attached hydrogen (secondary N) is 1. The van der Waals surface area contributed by atoms with E-state index >= 15 is 0 Å². The van der Waals surface area contributed by atoms with Gasteiger partial charge in [0.1, 0.15) is 0 Å².